The highest BCUT2D eigenvalue weighted by Crippen LogP contribution is 2.42. The summed E-state index contributed by atoms with van der Waals surface area (Å²) in [5, 5.41) is 0.657. The van der Waals surface area contributed by atoms with Crippen molar-refractivity contribution in [1.82, 2.24) is 10.4 Å². The van der Waals surface area contributed by atoms with E-state index in [0.717, 1.165) is 17.5 Å². The van der Waals surface area contributed by atoms with Crippen molar-refractivity contribution >= 4 is 35.1 Å². The standard InChI is InChI=1S/C18H17ClN4O/c1-18(2)14-9-13(19)6-7-15(14)22-17(18)12(11-24)10-21-23-16-5-3-4-8-20-16/h3-11,21H,1-2H3,(H,20,23)/b12-10+. The van der Waals surface area contributed by atoms with E-state index in [1.165, 1.54) is 0 Å². The molecule has 6 heteroatoms. The molecular weight excluding hydrogens is 324 g/mol. The molecule has 1 aliphatic heterocycles. The number of aliphatic imine (C=N–C) groups is 1. The molecule has 0 spiro atoms. The Morgan fingerprint density at radius 1 is 1.25 bits per heavy atom. The summed E-state index contributed by atoms with van der Waals surface area (Å²) in [7, 11) is 0. The van der Waals surface area contributed by atoms with Gasteiger partial charge >= 0.3 is 0 Å². The minimum Gasteiger partial charge on any atom is -0.306 e. The van der Waals surface area contributed by atoms with Crippen LogP contribution in [0.2, 0.25) is 5.02 Å². The number of hydrogen-bond donors (Lipinski definition) is 2. The Morgan fingerprint density at radius 3 is 2.79 bits per heavy atom. The summed E-state index contributed by atoms with van der Waals surface area (Å²) >= 11 is 6.10. The number of halogens is 1. The predicted octanol–water partition coefficient (Wildman–Crippen LogP) is 3.80. The molecule has 24 heavy (non-hydrogen) atoms. The second-order valence-electron chi connectivity index (χ2n) is 5.95. The van der Waals surface area contributed by atoms with E-state index >= 15 is 0 Å². The first-order chi connectivity index (χ1) is 11.5. The zero-order valence-corrected chi connectivity index (χ0v) is 14.1. The quantitative estimate of drug-likeness (QED) is 0.493. The summed E-state index contributed by atoms with van der Waals surface area (Å²) in [4.78, 5) is 20.3. The Morgan fingerprint density at radius 2 is 2.08 bits per heavy atom. The number of aromatic nitrogens is 1. The number of nitrogens with zero attached hydrogens (tertiary/aromatic N) is 2. The largest absolute Gasteiger partial charge is 0.306 e. The van der Waals surface area contributed by atoms with Gasteiger partial charge in [-0.3, -0.25) is 15.2 Å². The lowest BCUT2D eigenvalue weighted by atomic mass is 9.79. The molecule has 0 saturated carbocycles. The van der Waals surface area contributed by atoms with Crippen LogP contribution in [0.3, 0.4) is 0 Å². The molecule has 0 saturated heterocycles. The lowest BCUT2D eigenvalue weighted by molar-refractivity contribution is -0.104. The maximum atomic E-state index is 11.6. The van der Waals surface area contributed by atoms with Crippen molar-refractivity contribution in [3.8, 4) is 0 Å². The number of aldehydes is 1. The summed E-state index contributed by atoms with van der Waals surface area (Å²) in [6.07, 6.45) is 4.07. The van der Waals surface area contributed by atoms with Crippen molar-refractivity contribution < 1.29 is 4.79 Å². The van der Waals surface area contributed by atoms with E-state index in [4.69, 9.17) is 11.6 Å². The summed E-state index contributed by atoms with van der Waals surface area (Å²) in [5.74, 6) is 0.654. The van der Waals surface area contributed by atoms with Crippen LogP contribution in [-0.2, 0) is 10.2 Å². The molecule has 3 rings (SSSR count). The third kappa shape index (κ3) is 3.03. The highest BCUT2D eigenvalue weighted by Gasteiger charge is 2.36. The highest BCUT2D eigenvalue weighted by atomic mass is 35.5. The minimum absolute atomic E-state index is 0.403. The first-order valence-electron chi connectivity index (χ1n) is 7.50. The summed E-state index contributed by atoms with van der Waals surface area (Å²) in [5.41, 5.74) is 8.42. The number of fused-ring (bicyclic) bond motifs is 1. The van der Waals surface area contributed by atoms with Crippen molar-refractivity contribution in [3.05, 3.63) is 65.0 Å². The number of benzene rings is 1. The van der Waals surface area contributed by atoms with Crippen LogP contribution in [0.1, 0.15) is 19.4 Å². The first-order valence-corrected chi connectivity index (χ1v) is 7.87. The van der Waals surface area contributed by atoms with Crippen molar-refractivity contribution in [1.29, 1.82) is 0 Å². The molecule has 0 amide bonds. The van der Waals surface area contributed by atoms with Crippen LogP contribution in [0.5, 0.6) is 0 Å². The zero-order valence-electron chi connectivity index (χ0n) is 13.4. The molecule has 0 radical (unpaired) electrons. The van der Waals surface area contributed by atoms with E-state index in [1.807, 2.05) is 44.2 Å². The molecule has 1 aromatic carbocycles. The number of carbonyl (C=O) groups excluding carboxylic acids is 1. The van der Waals surface area contributed by atoms with Crippen LogP contribution < -0.4 is 10.9 Å². The second kappa shape index (κ2) is 6.45. The molecule has 1 aliphatic rings. The number of nitrogens with one attached hydrogen (secondary N) is 2. The molecule has 122 valence electrons. The van der Waals surface area contributed by atoms with E-state index in [1.54, 1.807) is 18.5 Å². The van der Waals surface area contributed by atoms with E-state index in [-0.39, 0.29) is 0 Å². The number of anilines is 1. The number of hydrogen-bond acceptors (Lipinski definition) is 5. The second-order valence-corrected chi connectivity index (χ2v) is 6.39. The van der Waals surface area contributed by atoms with E-state index in [0.29, 0.717) is 22.1 Å². The van der Waals surface area contributed by atoms with Crippen LogP contribution in [0, 0.1) is 0 Å². The van der Waals surface area contributed by atoms with Gasteiger partial charge in [-0.15, -0.1) is 0 Å². The average Bonchev–Trinajstić information content (AvgIpc) is 2.84. The molecule has 2 heterocycles. The van der Waals surface area contributed by atoms with Crippen molar-refractivity contribution in [2.24, 2.45) is 4.99 Å². The Kier molecular flexibility index (Phi) is 4.36. The van der Waals surface area contributed by atoms with Gasteiger partial charge in [0.1, 0.15) is 5.82 Å². The molecule has 2 aromatic rings. The maximum absolute atomic E-state index is 11.6. The van der Waals surface area contributed by atoms with Crippen LogP contribution in [-0.4, -0.2) is 17.0 Å². The first kappa shape index (κ1) is 16.2. The van der Waals surface area contributed by atoms with Gasteiger partial charge < -0.3 is 5.43 Å². The van der Waals surface area contributed by atoms with Crippen LogP contribution >= 0.6 is 11.6 Å². The van der Waals surface area contributed by atoms with Crippen LogP contribution in [0.25, 0.3) is 0 Å². The third-order valence-corrected chi connectivity index (χ3v) is 4.18. The number of allylic oxidation sites excluding steroid dienone is 1. The molecule has 5 nitrogen and oxygen atoms in total. The van der Waals surface area contributed by atoms with Crippen molar-refractivity contribution in [2.75, 3.05) is 5.43 Å². The van der Waals surface area contributed by atoms with Gasteiger partial charge in [-0.2, -0.15) is 0 Å². The molecule has 1 aromatic heterocycles. The smallest absolute Gasteiger partial charge is 0.153 e. The van der Waals surface area contributed by atoms with Crippen LogP contribution in [0.15, 0.2) is 59.4 Å². The lowest BCUT2D eigenvalue weighted by Gasteiger charge is -2.22. The number of pyridine rings is 1. The average molecular weight is 341 g/mol. The SMILES string of the molecule is CC1(C)C(/C(C=O)=C/NNc2ccccn2)=Nc2ccc(Cl)cc21. The van der Waals surface area contributed by atoms with Crippen molar-refractivity contribution in [2.45, 2.75) is 19.3 Å². The van der Waals surface area contributed by atoms with Crippen LogP contribution in [0.4, 0.5) is 11.5 Å². The molecule has 2 N–H and O–H groups in total. The van der Waals surface area contributed by atoms with Gasteiger partial charge in [0.15, 0.2) is 6.29 Å². The Bertz CT molecular complexity index is 828. The molecule has 0 unspecified atom stereocenters. The van der Waals surface area contributed by atoms with Gasteiger partial charge in [0, 0.05) is 22.8 Å². The molecule has 0 aliphatic carbocycles. The maximum Gasteiger partial charge on any atom is 0.153 e. The Labute approximate surface area is 145 Å². The van der Waals surface area contributed by atoms with Crippen molar-refractivity contribution in [3.63, 3.8) is 0 Å². The van der Waals surface area contributed by atoms with Gasteiger partial charge in [0.2, 0.25) is 0 Å². The number of hydrazine groups is 1. The van der Waals surface area contributed by atoms with Gasteiger partial charge in [-0.1, -0.05) is 31.5 Å². The predicted molar refractivity (Wildman–Crippen MR) is 96.7 cm³/mol. The molecule has 0 fully saturated rings. The lowest BCUT2D eigenvalue weighted by Crippen LogP contribution is -2.29. The third-order valence-electron chi connectivity index (χ3n) is 3.95. The summed E-state index contributed by atoms with van der Waals surface area (Å²) < 4.78 is 0. The normalized spacial score (nSPS) is 15.5. The summed E-state index contributed by atoms with van der Waals surface area (Å²) in [6, 6.07) is 11.1. The van der Waals surface area contributed by atoms with Gasteiger partial charge in [-0.25, -0.2) is 4.98 Å². The van der Waals surface area contributed by atoms with E-state index in [2.05, 4.69) is 20.8 Å². The van der Waals surface area contributed by atoms with E-state index < -0.39 is 5.41 Å². The molecule has 0 bridgehead atoms. The van der Waals surface area contributed by atoms with Gasteiger partial charge in [0.25, 0.3) is 0 Å². The summed E-state index contributed by atoms with van der Waals surface area (Å²) in [6.45, 7) is 4.05. The Hall–Kier alpha value is -2.66. The fourth-order valence-electron chi connectivity index (χ4n) is 2.70. The molecule has 0 atom stereocenters. The van der Waals surface area contributed by atoms with E-state index in [9.17, 15) is 4.79 Å². The monoisotopic (exact) mass is 340 g/mol. The van der Waals surface area contributed by atoms with Gasteiger partial charge in [0.05, 0.1) is 17.0 Å². The fraction of sp³-hybridized carbons (Fsp3) is 0.167. The topological polar surface area (TPSA) is 66.4 Å². The Balaban J connectivity index is 1.84. The zero-order chi connectivity index (χ0) is 17.2. The fourth-order valence-corrected chi connectivity index (χ4v) is 2.87. The van der Waals surface area contributed by atoms with Gasteiger partial charge in [-0.05, 0) is 35.9 Å². The number of rotatable bonds is 5. The molecular formula is C18H17ClN4O. The number of carbonyl (C=O) groups is 1. The highest BCUT2D eigenvalue weighted by molar-refractivity contribution is 6.31. The minimum atomic E-state index is -0.403.